The van der Waals surface area contributed by atoms with E-state index in [9.17, 15) is 10.1 Å². The molecule has 1 N–H and O–H groups in total. The minimum atomic E-state index is -0.425. The Labute approximate surface area is 118 Å². The Morgan fingerprint density at radius 2 is 2.00 bits per heavy atom. The predicted octanol–water partition coefficient (Wildman–Crippen LogP) is 3.88. The molecule has 0 saturated heterocycles. The highest BCUT2D eigenvalue weighted by Crippen LogP contribution is 2.34. The van der Waals surface area contributed by atoms with Crippen LogP contribution in [0.25, 0.3) is 33.3 Å². The smallest absolute Gasteiger partial charge is 0.270 e. The summed E-state index contributed by atoms with van der Waals surface area (Å²) in [6.45, 7) is 0. The normalized spacial score (nSPS) is 11.2. The van der Waals surface area contributed by atoms with Crippen LogP contribution in [-0.2, 0) is 0 Å². The van der Waals surface area contributed by atoms with Crippen LogP contribution in [0.2, 0.25) is 0 Å². The molecular formula is C15H9N3O3. The van der Waals surface area contributed by atoms with Crippen LogP contribution < -0.4 is 0 Å². The molecule has 0 amide bonds. The van der Waals surface area contributed by atoms with E-state index in [1.807, 2.05) is 24.3 Å². The Bertz CT molecular complexity index is 984. The molecule has 0 saturated carbocycles. The Kier molecular flexibility index (Phi) is 2.32. The number of nitrogens with one attached hydrogen (secondary N) is 1. The van der Waals surface area contributed by atoms with Crippen molar-refractivity contribution in [3.05, 3.63) is 58.6 Å². The van der Waals surface area contributed by atoms with E-state index in [4.69, 9.17) is 4.42 Å². The van der Waals surface area contributed by atoms with E-state index in [1.54, 1.807) is 12.1 Å². The number of hydrogen-bond donors (Lipinski definition) is 1. The summed E-state index contributed by atoms with van der Waals surface area (Å²) in [6, 6.07) is 14.0. The van der Waals surface area contributed by atoms with Crippen LogP contribution in [0.3, 0.4) is 0 Å². The summed E-state index contributed by atoms with van der Waals surface area (Å²) in [6.07, 6.45) is 0. The SMILES string of the molecule is O=[N+]([O-])c1cccc(-c2n[nH]c3c2oc2ccccc23)c1. The van der Waals surface area contributed by atoms with Gasteiger partial charge in [-0.05, 0) is 12.1 Å². The molecule has 0 unspecified atom stereocenters. The first-order valence-corrected chi connectivity index (χ1v) is 6.34. The second-order valence-electron chi connectivity index (χ2n) is 4.68. The highest BCUT2D eigenvalue weighted by Gasteiger charge is 2.17. The summed E-state index contributed by atoms with van der Waals surface area (Å²) in [4.78, 5) is 10.5. The van der Waals surface area contributed by atoms with E-state index in [0.29, 0.717) is 16.8 Å². The van der Waals surface area contributed by atoms with Crippen molar-refractivity contribution < 1.29 is 9.34 Å². The minimum Gasteiger partial charge on any atom is -0.452 e. The first kappa shape index (κ1) is 11.7. The van der Waals surface area contributed by atoms with Crippen molar-refractivity contribution in [3.8, 4) is 11.3 Å². The molecular weight excluding hydrogens is 270 g/mol. The van der Waals surface area contributed by atoms with Crippen LogP contribution >= 0.6 is 0 Å². The van der Waals surface area contributed by atoms with E-state index < -0.39 is 4.92 Å². The lowest BCUT2D eigenvalue weighted by Gasteiger charge is -1.96. The van der Waals surface area contributed by atoms with Gasteiger partial charge >= 0.3 is 0 Å². The summed E-state index contributed by atoms with van der Waals surface area (Å²) >= 11 is 0. The monoisotopic (exact) mass is 279 g/mol. The van der Waals surface area contributed by atoms with Gasteiger partial charge in [-0.15, -0.1) is 0 Å². The lowest BCUT2D eigenvalue weighted by molar-refractivity contribution is -0.384. The van der Waals surface area contributed by atoms with Crippen molar-refractivity contribution >= 4 is 27.8 Å². The number of furan rings is 1. The first-order chi connectivity index (χ1) is 10.2. The third-order valence-corrected chi connectivity index (χ3v) is 3.42. The van der Waals surface area contributed by atoms with Crippen LogP contribution in [-0.4, -0.2) is 15.1 Å². The summed E-state index contributed by atoms with van der Waals surface area (Å²) in [5, 5.41) is 19.0. The summed E-state index contributed by atoms with van der Waals surface area (Å²) < 4.78 is 5.81. The molecule has 4 aromatic rings. The van der Waals surface area contributed by atoms with Crippen LogP contribution in [0, 0.1) is 10.1 Å². The standard InChI is InChI=1S/C15H9N3O3/c19-18(20)10-5-3-4-9(8-10)13-15-14(17-16-13)11-6-1-2-7-12(11)21-15/h1-8H,(H,16,17). The number of benzene rings is 2. The van der Waals surface area contributed by atoms with E-state index in [2.05, 4.69) is 10.2 Å². The molecule has 0 fully saturated rings. The molecule has 0 radical (unpaired) electrons. The largest absolute Gasteiger partial charge is 0.452 e. The molecule has 2 aromatic carbocycles. The second-order valence-corrected chi connectivity index (χ2v) is 4.68. The van der Waals surface area contributed by atoms with Gasteiger partial charge in [-0.1, -0.05) is 24.3 Å². The van der Waals surface area contributed by atoms with Gasteiger partial charge in [0, 0.05) is 23.1 Å². The molecule has 2 heterocycles. The molecule has 0 spiro atoms. The third kappa shape index (κ3) is 1.69. The van der Waals surface area contributed by atoms with Gasteiger partial charge in [-0.3, -0.25) is 15.2 Å². The summed E-state index contributed by atoms with van der Waals surface area (Å²) in [5.74, 6) is 0. The molecule has 6 heteroatoms. The van der Waals surface area contributed by atoms with Gasteiger partial charge in [0.25, 0.3) is 5.69 Å². The van der Waals surface area contributed by atoms with Gasteiger partial charge in [-0.2, -0.15) is 5.10 Å². The zero-order chi connectivity index (χ0) is 14.4. The number of nitro benzene ring substituents is 1. The van der Waals surface area contributed by atoms with Crippen LogP contribution in [0.1, 0.15) is 0 Å². The zero-order valence-electron chi connectivity index (χ0n) is 10.7. The molecule has 2 aromatic heterocycles. The Morgan fingerprint density at radius 1 is 1.14 bits per heavy atom. The Morgan fingerprint density at radius 3 is 2.86 bits per heavy atom. The van der Waals surface area contributed by atoms with E-state index in [1.165, 1.54) is 12.1 Å². The van der Waals surface area contributed by atoms with Gasteiger partial charge < -0.3 is 4.42 Å². The maximum absolute atomic E-state index is 10.9. The van der Waals surface area contributed by atoms with Gasteiger partial charge in [-0.25, -0.2) is 0 Å². The molecule has 6 nitrogen and oxygen atoms in total. The summed E-state index contributed by atoms with van der Waals surface area (Å²) in [5.41, 5.74) is 3.41. The predicted molar refractivity (Wildman–Crippen MR) is 78.0 cm³/mol. The van der Waals surface area contributed by atoms with Gasteiger partial charge in [0.15, 0.2) is 5.58 Å². The Balaban J connectivity index is 1.98. The van der Waals surface area contributed by atoms with E-state index in [-0.39, 0.29) is 5.69 Å². The lowest BCUT2D eigenvalue weighted by Crippen LogP contribution is -1.88. The van der Waals surface area contributed by atoms with Crippen LogP contribution in [0.4, 0.5) is 5.69 Å². The number of non-ortho nitro benzene ring substituents is 1. The first-order valence-electron chi connectivity index (χ1n) is 6.34. The lowest BCUT2D eigenvalue weighted by atomic mass is 10.1. The number of para-hydroxylation sites is 1. The maximum Gasteiger partial charge on any atom is 0.270 e. The summed E-state index contributed by atoms with van der Waals surface area (Å²) in [7, 11) is 0. The van der Waals surface area contributed by atoms with Crippen molar-refractivity contribution in [2.45, 2.75) is 0 Å². The highest BCUT2D eigenvalue weighted by molar-refractivity contribution is 6.06. The average molecular weight is 279 g/mol. The zero-order valence-corrected chi connectivity index (χ0v) is 10.7. The maximum atomic E-state index is 10.9. The molecule has 102 valence electrons. The Hall–Kier alpha value is -3.15. The number of aromatic nitrogens is 2. The number of H-pyrrole nitrogens is 1. The molecule has 0 aliphatic heterocycles. The minimum absolute atomic E-state index is 0.0276. The molecule has 0 bridgehead atoms. The van der Waals surface area contributed by atoms with Crippen molar-refractivity contribution in [2.75, 3.05) is 0 Å². The molecule has 0 atom stereocenters. The molecule has 21 heavy (non-hydrogen) atoms. The number of hydrogen-bond acceptors (Lipinski definition) is 4. The van der Waals surface area contributed by atoms with Crippen LogP contribution in [0.5, 0.6) is 0 Å². The van der Waals surface area contributed by atoms with E-state index in [0.717, 1.165) is 16.5 Å². The number of fused-ring (bicyclic) bond motifs is 3. The highest BCUT2D eigenvalue weighted by atomic mass is 16.6. The fourth-order valence-electron chi connectivity index (χ4n) is 2.45. The van der Waals surface area contributed by atoms with Gasteiger partial charge in [0.05, 0.1) is 4.92 Å². The van der Waals surface area contributed by atoms with Crippen molar-refractivity contribution in [1.29, 1.82) is 0 Å². The van der Waals surface area contributed by atoms with E-state index >= 15 is 0 Å². The fourth-order valence-corrected chi connectivity index (χ4v) is 2.45. The number of rotatable bonds is 2. The van der Waals surface area contributed by atoms with Crippen molar-refractivity contribution in [2.24, 2.45) is 0 Å². The van der Waals surface area contributed by atoms with Gasteiger partial charge in [0.1, 0.15) is 16.8 Å². The molecule has 0 aliphatic rings. The van der Waals surface area contributed by atoms with Crippen molar-refractivity contribution in [3.63, 3.8) is 0 Å². The fraction of sp³-hybridized carbons (Fsp3) is 0. The van der Waals surface area contributed by atoms with Crippen molar-refractivity contribution in [1.82, 2.24) is 10.2 Å². The topological polar surface area (TPSA) is 85.0 Å². The quantitative estimate of drug-likeness (QED) is 0.445. The third-order valence-electron chi connectivity index (χ3n) is 3.42. The number of nitrogens with zero attached hydrogens (tertiary/aromatic N) is 2. The van der Waals surface area contributed by atoms with Crippen LogP contribution in [0.15, 0.2) is 52.9 Å². The van der Waals surface area contributed by atoms with Gasteiger partial charge in [0.2, 0.25) is 0 Å². The molecule has 4 rings (SSSR count). The average Bonchev–Trinajstić information content (AvgIpc) is 3.06. The number of nitro groups is 1. The second kappa shape index (κ2) is 4.17. The number of aromatic amines is 1. The molecule has 0 aliphatic carbocycles.